The van der Waals surface area contributed by atoms with Crippen molar-refractivity contribution in [3.63, 3.8) is 0 Å². The Bertz CT molecular complexity index is 123. The van der Waals surface area contributed by atoms with Crippen molar-refractivity contribution in [2.75, 3.05) is 6.54 Å². The summed E-state index contributed by atoms with van der Waals surface area (Å²) in [6.07, 6.45) is 4.34. The zero-order valence-electron chi connectivity index (χ0n) is 8.52. The molecule has 0 saturated carbocycles. The second-order valence-electron chi connectivity index (χ2n) is 3.14. The first kappa shape index (κ1) is 11.5. The standard InChI is InChI=1S/C10H21NO/c1-4-7-8-9(5-2)10(12)11-6-3/h9H,4-8H2,1-3H3,(H,11,12). The van der Waals surface area contributed by atoms with Crippen LogP contribution in [-0.4, -0.2) is 12.5 Å². The van der Waals surface area contributed by atoms with Crippen molar-refractivity contribution in [1.82, 2.24) is 5.32 Å². The summed E-state index contributed by atoms with van der Waals surface area (Å²) < 4.78 is 0. The zero-order valence-corrected chi connectivity index (χ0v) is 8.52. The molecule has 1 unspecified atom stereocenters. The molecule has 2 heteroatoms. The molecule has 0 aromatic carbocycles. The second-order valence-corrected chi connectivity index (χ2v) is 3.14. The highest BCUT2D eigenvalue weighted by Crippen LogP contribution is 2.12. The van der Waals surface area contributed by atoms with E-state index >= 15 is 0 Å². The van der Waals surface area contributed by atoms with Crippen LogP contribution < -0.4 is 5.32 Å². The smallest absolute Gasteiger partial charge is 0.223 e. The van der Waals surface area contributed by atoms with Crippen LogP contribution in [0, 0.1) is 5.92 Å². The number of carbonyl (C=O) groups excluding carboxylic acids is 1. The summed E-state index contributed by atoms with van der Waals surface area (Å²) in [7, 11) is 0. The van der Waals surface area contributed by atoms with Crippen molar-refractivity contribution in [1.29, 1.82) is 0 Å². The van der Waals surface area contributed by atoms with E-state index in [0.717, 1.165) is 25.8 Å². The van der Waals surface area contributed by atoms with Gasteiger partial charge in [-0.2, -0.15) is 0 Å². The highest BCUT2D eigenvalue weighted by atomic mass is 16.1. The molecule has 0 fully saturated rings. The first-order valence-corrected chi connectivity index (χ1v) is 5.03. The highest BCUT2D eigenvalue weighted by molar-refractivity contribution is 5.78. The number of nitrogens with one attached hydrogen (secondary N) is 1. The normalized spacial score (nSPS) is 12.6. The van der Waals surface area contributed by atoms with Gasteiger partial charge in [-0.1, -0.05) is 26.7 Å². The maximum atomic E-state index is 11.4. The van der Waals surface area contributed by atoms with Gasteiger partial charge in [-0.15, -0.1) is 0 Å². The predicted octanol–water partition coefficient (Wildman–Crippen LogP) is 2.34. The lowest BCUT2D eigenvalue weighted by Gasteiger charge is -2.12. The molecule has 2 nitrogen and oxygen atoms in total. The van der Waals surface area contributed by atoms with Gasteiger partial charge in [0.2, 0.25) is 5.91 Å². The molecular weight excluding hydrogens is 150 g/mol. The van der Waals surface area contributed by atoms with Gasteiger partial charge in [0.15, 0.2) is 0 Å². The first-order chi connectivity index (χ1) is 5.76. The van der Waals surface area contributed by atoms with Gasteiger partial charge in [-0.05, 0) is 19.8 Å². The monoisotopic (exact) mass is 171 g/mol. The Balaban J connectivity index is 3.71. The summed E-state index contributed by atoms with van der Waals surface area (Å²) in [5.74, 6) is 0.471. The lowest BCUT2D eigenvalue weighted by Crippen LogP contribution is -2.30. The Morgan fingerprint density at radius 1 is 1.33 bits per heavy atom. The van der Waals surface area contributed by atoms with Crippen LogP contribution in [0.25, 0.3) is 0 Å². The van der Waals surface area contributed by atoms with Crippen LogP contribution in [0.1, 0.15) is 46.5 Å². The summed E-state index contributed by atoms with van der Waals surface area (Å²) in [6, 6.07) is 0. The van der Waals surface area contributed by atoms with E-state index in [1.165, 1.54) is 6.42 Å². The van der Waals surface area contributed by atoms with Gasteiger partial charge in [0, 0.05) is 12.5 Å². The van der Waals surface area contributed by atoms with Crippen molar-refractivity contribution in [3.8, 4) is 0 Å². The Kier molecular flexibility index (Phi) is 6.82. The molecule has 1 atom stereocenters. The van der Waals surface area contributed by atoms with Crippen LogP contribution in [0.4, 0.5) is 0 Å². The summed E-state index contributed by atoms with van der Waals surface area (Å²) in [5.41, 5.74) is 0. The number of hydrogen-bond acceptors (Lipinski definition) is 1. The van der Waals surface area contributed by atoms with Crippen molar-refractivity contribution < 1.29 is 4.79 Å². The minimum atomic E-state index is 0.230. The average Bonchev–Trinajstić information content (AvgIpc) is 2.06. The van der Waals surface area contributed by atoms with Crippen LogP contribution in [0.3, 0.4) is 0 Å². The molecule has 0 aromatic rings. The molecule has 0 heterocycles. The van der Waals surface area contributed by atoms with E-state index in [9.17, 15) is 4.79 Å². The number of hydrogen-bond donors (Lipinski definition) is 1. The van der Waals surface area contributed by atoms with Gasteiger partial charge in [0.25, 0.3) is 0 Å². The number of rotatable bonds is 6. The van der Waals surface area contributed by atoms with Gasteiger partial charge in [0.05, 0.1) is 0 Å². The molecule has 0 aliphatic carbocycles. The molecule has 0 saturated heterocycles. The van der Waals surface area contributed by atoms with Crippen LogP contribution in [-0.2, 0) is 4.79 Å². The zero-order chi connectivity index (χ0) is 9.40. The van der Waals surface area contributed by atoms with E-state index in [4.69, 9.17) is 0 Å². The number of amides is 1. The molecule has 0 aliphatic rings. The third-order valence-corrected chi connectivity index (χ3v) is 2.12. The second kappa shape index (κ2) is 7.14. The number of unbranched alkanes of at least 4 members (excludes halogenated alkanes) is 1. The van der Waals surface area contributed by atoms with Crippen LogP contribution >= 0.6 is 0 Å². The van der Waals surface area contributed by atoms with Crippen molar-refractivity contribution in [2.45, 2.75) is 46.5 Å². The van der Waals surface area contributed by atoms with E-state index in [0.29, 0.717) is 0 Å². The fraction of sp³-hybridized carbons (Fsp3) is 0.900. The summed E-state index contributed by atoms with van der Waals surface area (Å²) >= 11 is 0. The molecule has 0 radical (unpaired) electrons. The Morgan fingerprint density at radius 3 is 2.42 bits per heavy atom. The minimum Gasteiger partial charge on any atom is -0.356 e. The topological polar surface area (TPSA) is 29.1 Å². The molecular formula is C10H21NO. The summed E-state index contributed by atoms with van der Waals surface area (Å²) in [6.45, 7) is 6.95. The summed E-state index contributed by atoms with van der Waals surface area (Å²) in [4.78, 5) is 11.4. The lowest BCUT2D eigenvalue weighted by molar-refractivity contribution is -0.125. The van der Waals surface area contributed by atoms with Crippen molar-refractivity contribution >= 4 is 5.91 Å². The van der Waals surface area contributed by atoms with Crippen molar-refractivity contribution in [3.05, 3.63) is 0 Å². The predicted molar refractivity (Wildman–Crippen MR) is 52.0 cm³/mol. The number of carbonyl (C=O) groups is 1. The average molecular weight is 171 g/mol. The lowest BCUT2D eigenvalue weighted by atomic mass is 9.98. The largest absolute Gasteiger partial charge is 0.356 e. The molecule has 0 bridgehead atoms. The van der Waals surface area contributed by atoms with E-state index < -0.39 is 0 Å². The third kappa shape index (κ3) is 4.37. The maximum Gasteiger partial charge on any atom is 0.223 e. The first-order valence-electron chi connectivity index (χ1n) is 5.03. The van der Waals surface area contributed by atoms with E-state index in [1.54, 1.807) is 0 Å². The highest BCUT2D eigenvalue weighted by Gasteiger charge is 2.13. The molecule has 0 aromatic heterocycles. The molecule has 72 valence electrons. The molecule has 0 aliphatic heterocycles. The molecule has 12 heavy (non-hydrogen) atoms. The molecule has 0 spiro atoms. The Hall–Kier alpha value is -0.530. The third-order valence-electron chi connectivity index (χ3n) is 2.12. The van der Waals surface area contributed by atoms with Gasteiger partial charge >= 0.3 is 0 Å². The van der Waals surface area contributed by atoms with Gasteiger partial charge < -0.3 is 5.32 Å². The Labute approximate surface area is 75.7 Å². The summed E-state index contributed by atoms with van der Waals surface area (Å²) in [5, 5.41) is 2.87. The maximum absolute atomic E-state index is 11.4. The Morgan fingerprint density at radius 2 is 2.00 bits per heavy atom. The van der Waals surface area contributed by atoms with Gasteiger partial charge in [-0.25, -0.2) is 0 Å². The quantitative estimate of drug-likeness (QED) is 0.653. The van der Waals surface area contributed by atoms with Crippen LogP contribution in [0.15, 0.2) is 0 Å². The van der Waals surface area contributed by atoms with Gasteiger partial charge in [-0.3, -0.25) is 4.79 Å². The van der Waals surface area contributed by atoms with E-state index in [1.807, 2.05) is 6.92 Å². The fourth-order valence-corrected chi connectivity index (χ4v) is 1.29. The van der Waals surface area contributed by atoms with E-state index in [-0.39, 0.29) is 11.8 Å². The fourth-order valence-electron chi connectivity index (χ4n) is 1.29. The van der Waals surface area contributed by atoms with Crippen LogP contribution in [0.2, 0.25) is 0 Å². The minimum absolute atomic E-state index is 0.230. The molecule has 1 N–H and O–H groups in total. The molecule has 0 rings (SSSR count). The van der Waals surface area contributed by atoms with Gasteiger partial charge in [0.1, 0.15) is 0 Å². The van der Waals surface area contributed by atoms with E-state index in [2.05, 4.69) is 19.2 Å². The molecule has 1 amide bonds. The SMILES string of the molecule is CCCCC(CC)C(=O)NCC. The van der Waals surface area contributed by atoms with Crippen molar-refractivity contribution in [2.24, 2.45) is 5.92 Å². The van der Waals surface area contributed by atoms with Crippen LogP contribution in [0.5, 0.6) is 0 Å².